The van der Waals surface area contributed by atoms with Gasteiger partial charge in [-0.05, 0) is 29.7 Å². The minimum atomic E-state index is -0.666. The number of aryl methyl sites for hydroxylation is 2. The molecule has 2 aromatic rings. The zero-order valence-corrected chi connectivity index (χ0v) is 10.3. The lowest BCUT2D eigenvalue weighted by Crippen LogP contribution is -1.98. The van der Waals surface area contributed by atoms with Gasteiger partial charge in [-0.25, -0.2) is 0 Å². The fraction of sp³-hybridized carbons (Fsp3) is 0.333. The predicted octanol–water partition coefficient (Wildman–Crippen LogP) is 3.49. The van der Waals surface area contributed by atoms with Crippen LogP contribution >= 0.6 is 0 Å². The van der Waals surface area contributed by atoms with Gasteiger partial charge in [0.1, 0.15) is 17.6 Å². The van der Waals surface area contributed by atoms with Crippen molar-refractivity contribution >= 4 is 0 Å². The van der Waals surface area contributed by atoms with Crippen molar-refractivity contribution in [2.45, 2.75) is 32.8 Å². The average Bonchev–Trinajstić information content (AvgIpc) is 2.87. The number of benzene rings is 1. The van der Waals surface area contributed by atoms with Crippen LogP contribution in [0.25, 0.3) is 0 Å². The summed E-state index contributed by atoms with van der Waals surface area (Å²) < 4.78 is 5.56. The Hall–Kier alpha value is -1.54. The molecule has 0 saturated carbocycles. The van der Waals surface area contributed by atoms with E-state index in [0.717, 1.165) is 24.2 Å². The molecule has 1 aromatic heterocycles. The van der Waals surface area contributed by atoms with E-state index in [9.17, 15) is 5.11 Å². The van der Waals surface area contributed by atoms with E-state index in [0.29, 0.717) is 5.76 Å². The first kappa shape index (κ1) is 11.9. The van der Waals surface area contributed by atoms with Crippen LogP contribution in [0.15, 0.2) is 40.8 Å². The van der Waals surface area contributed by atoms with Gasteiger partial charge in [-0.1, -0.05) is 38.1 Å². The second-order valence-electron chi connectivity index (χ2n) is 4.16. The van der Waals surface area contributed by atoms with Crippen molar-refractivity contribution < 1.29 is 9.52 Å². The summed E-state index contributed by atoms with van der Waals surface area (Å²) in [6.45, 7) is 4.15. The van der Waals surface area contributed by atoms with Crippen molar-refractivity contribution in [3.8, 4) is 0 Å². The summed E-state index contributed by atoms with van der Waals surface area (Å²) in [6, 6.07) is 11.8. The smallest absolute Gasteiger partial charge is 0.137 e. The second-order valence-corrected chi connectivity index (χ2v) is 4.16. The Labute approximate surface area is 102 Å². The number of rotatable bonds is 4. The number of aliphatic hydroxyl groups is 1. The Bertz CT molecular complexity index is 468. The lowest BCUT2D eigenvalue weighted by atomic mass is 10.0. The largest absolute Gasteiger partial charge is 0.463 e. The highest BCUT2D eigenvalue weighted by Crippen LogP contribution is 2.24. The first-order valence-corrected chi connectivity index (χ1v) is 6.10. The van der Waals surface area contributed by atoms with Gasteiger partial charge in [0.05, 0.1) is 0 Å². The predicted molar refractivity (Wildman–Crippen MR) is 68.0 cm³/mol. The summed E-state index contributed by atoms with van der Waals surface area (Å²) in [7, 11) is 0. The maximum atomic E-state index is 10.2. The topological polar surface area (TPSA) is 33.4 Å². The van der Waals surface area contributed by atoms with E-state index in [2.05, 4.69) is 6.92 Å². The monoisotopic (exact) mass is 230 g/mol. The van der Waals surface area contributed by atoms with E-state index >= 15 is 0 Å². The minimum absolute atomic E-state index is 0.617. The Kier molecular flexibility index (Phi) is 3.64. The van der Waals surface area contributed by atoms with Crippen molar-refractivity contribution in [2.24, 2.45) is 0 Å². The van der Waals surface area contributed by atoms with Gasteiger partial charge < -0.3 is 9.52 Å². The third-order valence-corrected chi connectivity index (χ3v) is 3.00. The van der Waals surface area contributed by atoms with E-state index in [-0.39, 0.29) is 0 Å². The second kappa shape index (κ2) is 5.19. The van der Waals surface area contributed by atoms with Gasteiger partial charge in [-0.15, -0.1) is 0 Å². The van der Waals surface area contributed by atoms with Crippen LogP contribution in [0.1, 0.15) is 42.6 Å². The standard InChI is InChI=1S/C15H18O2/c1-3-11-5-7-12(8-6-11)15(16)14-10-9-13(4-2)17-14/h5-10,15-16H,3-4H2,1-2H3. The first-order valence-electron chi connectivity index (χ1n) is 6.10. The molecule has 0 fully saturated rings. The van der Waals surface area contributed by atoms with Gasteiger partial charge in [-0.3, -0.25) is 0 Å². The molecule has 0 aliphatic rings. The highest BCUT2D eigenvalue weighted by molar-refractivity contribution is 5.28. The van der Waals surface area contributed by atoms with Gasteiger partial charge in [0.15, 0.2) is 0 Å². The molecule has 1 N–H and O–H groups in total. The van der Waals surface area contributed by atoms with Gasteiger partial charge >= 0.3 is 0 Å². The highest BCUT2D eigenvalue weighted by Gasteiger charge is 2.14. The van der Waals surface area contributed by atoms with E-state index in [1.807, 2.05) is 43.3 Å². The van der Waals surface area contributed by atoms with Crippen molar-refractivity contribution in [1.29, 1.82) is 0 Å². The quantitative estimate of drug-likeness (QED) is 0.872. The molecule has 2 heteroatoms. The summed E-state index contributed by atoms with van der Waals surface area (Å²) >= 11 is 0. The number of hydrogen-bond donors (Lipinski definition) is 1. The Morgan fingerprint density at radius 3 is 2.24 bits per heavy atom. The fourth-order valence-electron chi connectivity index (χ4n) is 1.83. The van der Waals surface area contributed by atoms with Crippen molar-refractivity contribution in [3.63, 3.8) is 0 Å². The van der Waals surface area contributed by atoms with E-state index in [4.69, 9.17) is 4.42 Å². The van der Waals surface area contributed by atoms with Crippen molar-refractivity contribution in [1.82, 2.24) is 0 Å². The SMILES string of the molecule is CCc1ccc(C(O)c2ccc(CC)o2)cc1. The summed E-state index contributed by atoms with van der Waals surface area (Å²) in [5, 5.41) is 10.2. The van der Waals surface area contributed by atoms with Gasteiger partial charge in [0.2, 0.25) is 0 Å². The first-order chi connectivity index (χ1) is 8.24. The molecule has 2 nitrogen and oxygen atoms in total. The van der Waals surface area contributed by atoms with Gasteiger partial charge in [0, 0.05) is 6.42 Å². The third-order valence-electron chi connectivity index (χ3n) is 3.00. The molecule has 2 rings (SSSR count). The summed E-state index contributed by atoms with van der Waals surface area (Å²) in [5.74, 6) is 1.52. The molecular weight excluding hydrogens is 212 g/mol. The molecule has 0 aliphatic carbocycles. The lowest BCUT2D eigenvalue weighted by molar-refractivity contribution is 0.187. The Morgan fingerprint density at radius 2 is 1.71 bits per heavy atom. The van der Waals surface area contributed by atoms with Crippen LogP contribution in [0.5, 0.6) is 0 Å². The molecule has 0 spiro atoms. The number of aliphatic hydroxyl groups excluding tert-OH is 1. The number of hydrogen-bond acceptors (Lipinski definition) is 2. The van der Waals surface area contributed by atoms with Crippen molar-refractivity contribution in [3.05, 3.63) is 59.0 Å². The molecule has 0 aliphatic heterocycles. The summed E-state index contributed by atoms with van der Waals surface area (Å²) in [6.07, 6.45) is 1.19. The molecule has 0 amide bonds. The summed E-state index contributed by atoms with van der Waals surface area (Å²) in [5.41, 5.74) is 2.15. The molecule has 1 heterocycles. The van der Waals surface area contributed by atoms with Crippen LogP contribution in [0.3, 0.4) is 0 Å². The zero-order valence-electron chi connectivity index (χ0n) is 10.3. The number of furan rings is 1. The molecule has 1 unspecified atom stereocenters. The minimum Gasteiger partial charge on any atom is -0.463 e. The Balaban J connectivity index is 2.20. The van der Waals surface area contributed by atoms with E-state index in [1.165, 1.54) is 5.56 Å². The Morgan fingerprint density at radius 1 is 1.00 bits per heavy atom. The van der Waals surface area contributed by atoms with Crippen LogP contribution in [-0.4, -0.2) is 5.11 Å². The van der Waals surface area contributed by atoms with Crippen LogP contribution in [0.2, 0.25) is 0 Å². The van der Waals surface area contributed by atoms with E-state index in [1.54, 1.807) is 0 Å². The molecule has 0 bridgehead atoms. The normalized spacial score (nSPS) is 12.6. The molecule has 17 heavy (non-hydrogen) atoms. The lowest BCUT2D eigenvalue weighted by Gasteiger charge is -2.08. The van der Waals surface area contributed by atoms with E-state index < -0.39 is 6.10 Å². The van der Waals surface area contributed by atoms with Crippen LogP contribution in [-0.2, 0) is 12.8 Å². The van der Waals surface area contributed by atoms with Gasteiger partial charge in [-0.2, -0.15) is 0 Å². The van der Waals surface area contributed by atoms with Crippen molar-refractivity contribution in [2.75, 3.05) is 0 Å². The molecule has 90 valence electrons. The maximum Gasteiger partial charge on any atom is 0.137 e. The van der Waals surface area contributed by atoms with Gasteiger partial charge in [0.25, 0.3) is 0 Å². The maximum absolute atomic E-state index is 10.2. The molecule has 0 radical (unpaired) electrons. The third kappa shape index (κ3) is 2.59. The average molecular weight is 230 g/mol. The molecule has 1 aromatic carbocycles. The fourth-order valence-corrected chi connectivity index (χ4v) is 1.83. The highest BCUT2D eigenvalue weighted by atomic mass is 16.4. The van der Waals surface area contributed by atoms with Crippen LogP contribution in [0.4, 0.5) is 0 Å². The van der Waals surface area contributed by atoms with Crippen LogP contribution < -0.4 is 0 Å². The molecule has 1 atom stereocenters. The molecule has 0 saturated heterocycles. The summed E-state index contributed by atoms with van der Waals surface area (Å²) in [4.78, 5) is 0. The zero-order chi connectivity index (χ0) is 12.3. The van der Waals surface area contributed by atoms with Crippen LogP contribution in [0, 0.1) is 0 Å². The molecular formula is C15H18O2.